The third-order valence-electron chi connectivity index (χ3n) is 2.70. The predicted octanol–water partition coefficient (Wildman–Crippen LogP) is 3.30. The summed E-state index contributed by atoms with van der Waals surface area (Å²) in [7, 11) is 1.88. The number of nitrogens with one attached hydrogen (secondary N) is 1. The molecule has 1 aromatic heterocycles. The van der Waals surface area contributed by atoms with Crippen molar-refractivity contribution in [2.24, 2.45) is 13.0 Å². The Kier molecular flexibility index (Phi) is 4.44. The third kappa shape index (κ3) is 3.39. The number of benzene rings is 1. The van der Waals surface area contributed by atoms with Gasteiger partial charge in [0, 0.05) is 30.3 Å². The maximum absolute atomic E-state index is 13.4. The summed E-state index contributed by atoms with van der Waals surface area (Å²) < 4.78 is 15.2. The number of halogens is 1. The molecule has 1 heterocycles. The molecule has 0 unspecified atom stereocenters. The second-order valence-electron chi connectivity index (χ2n) is 4.71. The zero-order valence-electron chi connectivity index (χ0n) is 11.6. The van der Waals surface area contributed by atoms with Crippen molar-refractivity contribution in [2.75, 3.05) is 5.32 Å². The van der Waals surface area contributed by atoms with Gasteiger partial charge in [-0.05, 0) is 30.0 Å². The van der Waals surface area contributed by atoms with Crippen molar-refractivity contribution < 1.29 is 9.18 Å². The molecule has 2 aromatic rings. The van der Waals surface area contributed by atoms with E-state index in [1.807, 2.05) is 17.8 Å². The van der Waals surface area contributed by atoms with Crippen LogP contribution in [0.4, 0.5) is 10.1 Å². The van der Waals surface area contributed by atoms with E-state index in [9.17, 15) is 9.18 Å². The quantitative estimate of drug-likeness (QED) is 0.940. The van der Waals surface area contributed by atoms with E-state index in [1.54, 1.807) is 26.1 Å². The number of nitrogens with zero attached hydrogens (tertiary/aromatic N) is 2. The molecule has 20 heavy (non-hydrogen) atoms. The molecule has 106 valence electrons. The van der Waals surface area contributed by atoms with E-state index >= 15 is 0 Å². The Labute approximate surface area is 121 Å². The van der Waals surface area contributed by atoms with Gasteiger partial charge in [0.05, 0.1) is 5.69 Å². The van der Waals surface area contributed by atoms with Crippen molar-refractivity contribution in [3.8, 4) is 0 Å². The number of aryl methyl sites for hydroxylation is 1. The van der Waals surface area contributed by atoms with Crippen molar-refractivity contribution in [3.05, 3.63) is 36.4 Å². The number of carbonyl (C=O) groups is 1. The van der Waals surface area contributed by atoms with Gasteiger partial charge in [-0.3, -0.25) is 4.79 Å². The molecule has 6 heteroatoms. The van der Waals surface area contributed by atoms with Crippen LogP contribution in [0.3, 0.4) is 0 Å². The van der Waals surface area contributed by atoms with E-state index in [4.69, 9.17) is 0 Å². The van der Waals surface area contributed by atoms with Gasteiger partial charge in [0.2, 0.25) is 5.91 Å². The van der Waals surface area contributed by atoms with Gasteiger partial charge >= 0.3 is 0 Å². The molecule has 0 saturated carbocycles. The summed E-state index contributed by atoms with van der Waals surface area (Å²) in [6.45, 7) is 3.58. The molecule has 0 spiro atoms. The number of carbonyl (C=O) groups excluding carboxylic acids is 1. The second-order valence-corrected chi connectivity index (χ2v) is 5.72. The highest BCUT2D eigenvalue weighted by atomic mass is 32.2. The highest BCUT2D eigenvalue weighted by molar-refractivity contribution is 7.99. The third-order valence-corrected chi connectivity index (χ3v) is 3.85. The number of aromatic nitrogens is 2. The minimum absolute atomic E-state index is 0.141. The van der Waals surface area contributed by atoms with E-state index in [2.05, 4.69) is 10.3 Å². The van der Waals surface area contributed by atoms with E-state index in [0.29, 0.717) is 5.69 Å². The largest absolute Gasteiger partial charge is 0.329 e. The average molecular weight is 293 g/mol. The zero-order chi connectivity index (χ0) is 14.7. The number of hydrogen-bond acceptors (Lipinski definition) is 3. The lowest BCUT2D eigenvalue weighted by Crippen LogP contribution is -2.18. The fourth-order valence-corrected chi connectivity index (χ4v) is 2.39. The monoisotopic (exact) mass is 293 g/mol. The Morgan fingerprint density at radius 1 is 1.45 bits per heavy atom. The van der Waals surface area contributed by atoms with E-state index in [-0.39, 0.29) is 17.6 Å². The molecular formula is C14H16FN3OS. The minimum atomic E-state index is -0.381. The first kappa shape index (κ1) is 14.6. The normalized spacial score (nSPS) is 10.8. The Bertz CT molecular complexity index is 625. The van der Waals surface area contributed by atoms with Crippen LogP contribution in [0.25, 0.3) is 0 Å². The maximum atomic E-state index is 13.4. The molecule has 0 aliphatic carbocycles. The van der Waals surface area contributed by atoms with Crippen molar-refractivity contribution in [2.45, 2.75) is 23.9 Å². The molecule has 2 rings (SSSR count). The van der Waals surface area contributed by atoms with Crippen LogP contribution < -0.4 is 5.32 Å². The molecular weight excluding hydrogens is 277 g/mol. The van der Waals surface area contributed by atoms with Crippen LogP contribution in [0.1, 0.15) is 13.8 Å². The topological polar surface area (TPSA) is 46.9 Å². The molecule has 0 fully saturated rings. The lowest BCUT2D eigenvalue weighted by atomic mass is 10.2. The van der Waals surface area contributed by atoms with Crippen LogP contribution in [-0.2, 0) is 11.8 Å². The van der Waals surface area contributed by atoms with Gasteiger partial charge in [-0.25, -0.2) is 9.37 Å². The van der Waals surface area contributed by atoms with Crippen LogP contribution in [0.2, 0.25) is 0 Å². The summed E-state index contributed by atoms with van der Waals surface area (Å²) in [4.78, 5) is 16.7. The van der Waals surface area contributed by atoms with Gasteiger partial charge in [-0.1, -0.05) is 13.8 Å². The van der Waals surface area contributed by atoms with E-state index < -0.39 is 0 Å². The molecule has 0 aliphatic heterocycles. The Balaban J connectivity index is 2.28. The second kappa shape index (κ2) is 6.09. The predicted molar refractivity (Wildman–Crippen MR) is 77.2 cm³/mol. The molecule has 0 aliphatic rings. The molecule has 1 aromatic carbocycles. The summed E-state index contributed by atoms with van der Waals surface area (Å²) in [5, 5.41) is 3.52. The van der Waals surface area contributed by atoms with Gasteiger partial charge in [0.25, 0.3) is 0 Å². The summed E-state index contributed by atoms with van der Waals surface area (Å²) in [6.07, 6.45) is 3.52. The highest BCUT2D eigenvalue weighted by Crippen LogP contribution is 2.33. The molecule has 0 radical (unpaired) electrons. The summed E-state index contributed by atoms with van der Waals surface area (Å²) in [5.41, 5.74) is 0.469. The summed E-state index contributed by atoms with van der Waals surface area (Å²) in [6, 6.07) is 4.34. The van der Waals surface area contributed by atoms with Gasteiger partial charge in [-0.15, -0.1) is 0 Å². The number of amides is 1. The standard InChI is InChI=1S/C14H16FN3OS/c1-9(2)13(19)17-11-8-10(15)4-5-12(11)20-14-16-6-7-18(14)3/h4-9H,1-3H3,(H,17,19). The lowest BCUT2D eigenvalue weighted by molar-refractivity contribution is -0.118. The van der Waals surface area contributed by atoms with E-state index in [1.165, 1.54) is 23.9 Å². The smallest absolute Gasteiger partial charge is 0.226 e. The fourth-order valence-electron chi connectivity index (χ4n) is 1.51. The maximum Gasteiger partial charge on any atom is 0.226 e. The summed E-state index contributed by atoms with van der Waals surface area (Å²) in [5.74, 6) is -0.685. The van der Waals surface area contributed by atoms with Gasteiger partial charge in [-0.2, -0.15) is 0 Å². The first-order chi connectivity index (χ1) is 9.47. The summed E-state index contributed by atoms with van der Waals surface area (Å²) >= 11 is 1.38. The SMILES string of the molecule is CC(C)C(=O)Nc1cc(F)ccc1Sc1nccn1C. The van der Waals surface area contributed by atoms with Gasteiger partial charge in [0.15, 0.2) is 5.16 Å². The Morgan fingerprint density at radius 3 is 2.80 bits per heavy atom. The van der Waals surface area contributed by atoms with Gasteiger partial charge < -0.3 is 9.88 Å². The Morgan fingerprint density at radius 2 is 2.20 bits per heavy atom. The van der Waals surface area contributed by atoms with Crippen molar-refractivity contribution in [1.29, 1.82) is 0 Å². The van der Waals surface area contributed by atoms with Crippen LogP contribution in [-0.4, -0.2) is 15.5 Å². The van der Waals surface area contributed by atoms with Crippen molar-refractivity contribution in [1.82, 2.24) is 9.55 Å². The highest BCUT2D eigenvalue weighted by Gasteiger charge is 2.13. The van der Waals surface area contributed by atoms with Crippen LogP contribution in [0, 0.1) is 11.7 Å². The average Bonchev–Trinajstić information content (AvgIpc) is 2.78. The van der Waals surface area contributed by atoms with E-state index in [0.717, 1.165) is 10.1 Å². The minimum Gasteiger partial charge on any atom is -0.329 e. The first-order valence-corrected chi connectivity index (χ1v) is 7.04. The number of hydrogen-bond donors (Lipinski definition) is 1. The molecule has 0 saturated heterocycles. The lowest BCUT2D eigenvalue weighted by Gasteiger charge is -2.12. The molecule has 1 N–H and O–H groups in total. The number of rotatable bonds is 4. The van der Waals surface area contributed by atoms with Gasteiger partial charge in [0.1, 0.15) is 5.82 Å². The first-order valence-electron chi connectivity index (χ1n) is 6.23. The van der Waals surface area contributed by atoms with Crippen LogP contribution in [0.15, 0.2) is 40.6 Å². The zero-order valence-corrected chi connectivity index (χ0v) is 12.4. The van der Waals surface area contributed by atoms with Crippen molar-refractivity contribution >= 4 is 23.4 Å². The molecule has 4 nitrogen and oxygen atoms in total. The van der Waals surface area contributed by atoms with Crippen molar-refractivity contribution in [3.63, 3.8) is 0 Å². The molecule has 1 amide bonds. The van der Waals surface area contributed by atoms with Crippen LogP contribution in [0.5, 0.6) is 0 Å². The van der Waals surface area contributed by atoms with Crippen LogP contribution >= 0.6 is 11.8 Å². The fraction of sp³-hybridized carbons (Fsp3) is 0.286. The number of anilines is 1. The molecule has 0 bridgehead atoms. The molecule has 0 atom stereocenters. The number of imidazole rings is 1. The Hall–Kier alpha value is -1.82.